The first-order valence-electron chi connectivity index (χ1n) is 8.16. The zero-order valence-corrected chi connectivity index (χ0v) is 14.6. The summed E-state index contributed by atoms with van der Waals surface area (Å²) in [6.45, 7) is 0. The fourth-order valence-electron chi connectivity index (χ4n) is 2.82. The maximum Gasteiger partial charge on any atom is 0.266 e. The number of benzene rings is 3. The van der Waals surface area contributed by atoms with Gasteiger partial charge >= 0.3 is 0 Å². The molecule has 0 N–H and O–H groups in total. The number of rotatable bonds is 4. The van der Waals surface area contributed by atoms with Crippen molar-refractivity contribution in [2.75, 3.05) is 0 Å². The van der Waals surface area contributed by atoms with Gasteiger partial charge in [-0.2, -0.15) is 0 Å². The molecule has 0 fully saturated rings. The number of aromatic nitrogens is 2. The summed E-state index contributed by atoms with van der Waals surface area (Å²) >= 11 is 6.05. The molecule has 0 aliphatic rings. The molecule has 5 heteroatoms. The van der Waals surface area contributed by atoms with Crippen LogP contribution in [0.5, 0.6) is 11.5 Å². The van der Waals surface area contributed by atoms with Crippen LogP contribution < -0.4 is 10.3 Å². The number of hydrogen-bond donors (Lipinski definition) is 0. The maximum absolute atomic E-state index is 12.9. The molecule has 26 heavy (non-hydrogen) atoms. The van der Waals surface area contributed by atoms with Crippen molar-refractivity contribution in [3.8, 4) is 17.2 Å². The van der Waals surface area contributed by atoms with Gasteiger partial charge in [-0.1, -0.05) is 30.3 Å². The lowest BCUT2D eigenvalue weighted by atomic mass is 10.2. The lowest BCUT2D eigenvalue weighted by Crippen LogP contribution is -2.23. The highest BCUT2D eigenvalue weighted by molar-refractivity contribution is 6.16. The lowest BCUT2D eigenvalue weighted by molar-refractivity contribution is 0.482. The van der Waals surface area contributed by atoms with Crippen molar-refractivity contribution in [3.05, 3.63) is 95.0 Å². The third-order valence-corrected chi connectivity index (χ3v) is 4.28. The molecule has 0 radical (unpaired) electrons. The Balaban J connectivity index is 1.76. The van der Waals surface area contributed by atoms with E-state index >= 15 is 0 Å². The van der Waals surface area contributed by atoms with E-state index in [1.165, 1.54) is 0 Å². The van der Waals surface area contributed by atoms with Crippen LogP contribution in [0.4, 0.5) is 0 Å². The quantitative estimate of drug-likeness (QED) is 0.484. The fraction of sp³-hybridized carbons (Fsp3) is 0.0476. The first-order chi connectivity index (χ1) is 12.8. The Morgan fingerprint density at radius 1 is 0.846 bits per heavy atom. The van der Waals surface area contributed by atoms with E-state index in [0.29, 0.717) is 28.2 Å². The van der Waals surface area contributed by atoms with Crippen molar-refractivity contribution >= 4 is 22.5 Å². The van der Waals surface area contributed by atoms with Crippen LogP contribution in [0, 0.1) is 0 Å². The number of para-hydroxylation sites is 2. The van der Waals surface area contributed by atoms with Gasteiger partial charge in [0.05, 0.1) is 22.5 Å². The van der Waals surface area contributed by atoms with Crippen LogP contribution in [-0.2, 0) is 5.88 Å². The highest BCUT2D eigenvalue weighted by Gasteiger charge is 2.12. The molecule has 0 saturated carbocycles. The van der Waals surface area contributed by atoms with E-state index in [1.807, 2.05) is 72.8 Å². The Morgan fingerprint density at radius 2 is 1.50 bits per heavy atom. The molecule has 0 saturated heterocycles. The smallest absolute Gasteiger partial charge is 0.266 e. The molecule has 128 valence electrons. The van der Waals surface area contributed by atoms with Gasteiger partial charge in [0.2, 0.25) is 0 Å². The zero-order chi connectivity index (χ0) is 17.9. The molecule has 4 rings (SSSR count). The summed E-state index contributed by atoms with van der Waals surface area (Å²) in [5.41, 5.74) is 1.21. The summed E-state index contributed by atoms with van der Waals surface area (Å²) in [7, 11) is 0. The van der Waals surface area contributed by atoms with E-state index in [2.05, 4.69) is 4.98 Å². The predicted molar refractivity (Wildman–Crippen MR) is 103 cm³/mol. The highest BCUT2D eigenvalue weighted by atomic mass is 35.5. The molecule has 0 bridgehead atoms. The molecule has 0 aliphatic heterocycles. The Bertz CT molecular complexity index is 1110. The molecule has 3 aromatic carbocycles. The van der Waals surface area contributed by atoms with Gasteiger partial charge in [0.15, 0.2) is 0 Å². The van der Waals surface area contributed by atoms with Crippen LogP contribution in [0.1, 0.15) is 5.82 Å². The summed E-state index contributed by atoms with van der Waals surface area (Å²) < 4.78 is 7.34. The molecule has 1 aromatic heterocycles. The molecule has 0 atom stereocenters. The second kappa shape index (κ2) is 7.02. The molecular weight excluding hydrogens is 348 g/mol. The molecule has 1 heterocycles. The van der Waals surface area contributed by atoms with Gasteiger partial charge in [-0.15, -0.1) is 11.6 Å². The van der Waals surface area contributed by atoms with Crippen molar-refractivity contribution in [2.24, 2.45) is 0 Å². The van der Waals surface area contributed by atoms with E-state index in [9.17, 15) is 4.79 Å². The first-order valence-corrected chi connectivity index (χ1v) is 8.70. The third kappa shape index (κ3) is 3.07. The van der Waals surface area contributed by atoms with Crippen molar-refractivity contribution in [2.45, 2.75) is 5.88 Å². The van der Waals surface area contributed by atoms with Gasteiger partial charge in [0.25, 0.3) is 5.56 Å². The lowest BCUT2D eigenvalue weighted by Gasteiger charge is -2.13. The van der Waals surface area contributed by atoms with Crippen molar-refractivity contribution in [1.82, 2.24) is 9.55 Å². The molecule has 4 aromatic rings. The van der Waals surface area contributed by atoms with Crippen LogP contribution >= 0.6 is 11.6 Å². The molecule has 0 spiro atoms. The maximum atomic E-state index is 12.9. The number of halogens is 1. The Hall–Kier alpha value is -3.11. The van der Waals surface area contributed by atoms with Crippen LogP contribution in [0.15, 0.2) is 83.7 Å². The summed E-state index contributed by atoms with van der Waals surface area (Å²) in [6.07, 6.45) is 0. The largest absolute Gasteiger partial charge is 0.457 e. The average Bonchev–Trinajstić information content (AvgIpc) is 2.69. The molecule has 4 nitrogen and oxygen atoms in total. The van der Waals surface area contributed by atoms with Gasteiger partial charge in [-0.25, -0.2) is 4.98 Å². The fourth-order valence-corrected chi connectivity index (χ4v) is 3.00. The third-order valence-electron chi connectivity index (χ3n) is 4.04. The van der Waals surface area contributed by atoms with Crippen molar-refractivity contribution in [3.63, 3.8) is 0 Å². The van der Waals surface area contributed by atoms with Crippen molar-refractivity contribution in [1.29, 1.82) is 0 Å². The number of hydrogen-bond acceptors (Lipinski definition) is 3. The van der Waals surface area contributed by atoms with E-state index in [-0.39, 0.29) is 11.4 Å². The minimum Gasteiger partial charge on any atom is -0.457 e. The highest BCUT2D eigenvalue weighted by Crippen LogP contribution is 2.23. The number of alkyl halides is 1. The summed E-state index contributed by atoms with van der Waals surface area (Å²) in [6, 6.07) is 24.1. The second-order valence-electron chi connectivity index (χ2n) is 5.73. The minimum absolute atomic E-state index is 0.136. The molecule has 0 amide bonds. The van der Waals surface area contributed by atoms with E-state index in [0.717, 1.165) is 5.75 Å². The average molecular weight is 363 g/mol. The second-order valence-corrected chi connectivity index (χ2v) is 6.00. The Labute approximate surface area is 155 Å². The standard InChI is InChI=1S/C21H15ClN2O2/c22-14-20-23-19-9-5-4-8-18(19)21(25)24(20)15-10-12-17(13-11-15)26-16-6-2-1-3-7-16/h1-13H,14H2. The van der Waals surface area contributed by atoms with Crippen molar-refractivity contribution < 1.29 is 4.74 Å². The first kappa shape index (κ1) is 16.4. The van der Waals surface area contributed by atoms with Crippen LogP contribution in [-0.4, -0.2) is 9.55 Å². The van der Waals surface area contributed by atoms with Crippen LogP contribution in [0.25, 0.3) is 16.6 Å². The Kier molecular flexibility index (Phi) is 4.42. The van der Waals surface area contributed by atoms with Gasteiger partial charge in [0, 0.05) is 0 Å². The molecule has 0 aliphatic carbocycles. The zero-order valence-electron chi connectivity index (χ0n) is 13.8. The van der Waals surface area contributed by atoms with Gasteiger partial charge < -0.3 is 4.74 Å². The van der Waals surface area contributed by atoms with E-state index < -0.39 is 0 Å². The normalized spacial score (nSPS) is 10.8. The minimum atomic E-state index is -0.136. The molecule has 0 unspecified atom stereocenters. The van der Waals surface area contributed by atoms with Gasteiger partial charge in [0.1, 0.15) is 17.3 Å². The summed E-state index contributed by atoms with van der Waals surface area (Å²) in [5, 5.41) is 0.561. The van der Waals surface area contributed by atoms with E-state index in [1.54, 1.807) is 10.6 Å². The predicted octanol–water partition coefficient (Wildman–Crippen LogP) is 4.92. The summed E-state index contributed by atoms with van der Waals surface area (Å²) in [5.74, 6) is 2.09. The monoisotopic (exact) mass is 362 g/mol. The molecular formula is C21H15ClN2O2. The Morgan fingerprint density at radius 3 is 2.23 bits per heavy atom. The SMILES string of the molecule is O=c1c2ccccc2nc(CCl)n1-c1ccc(Oc2ccccc2)cc1. The van der Waals surface area contributed by atoms with E-state index in [4.69, 9.17) is 16.3 Å². The van der Waals surface area contributed by atoms with Crippen LogP contribution in [0.3, 0.4) is 0 Å². The number of nitrogens with zero attached hydrogens (tertiary/aromatic N) is 2. The topological polar surface area (TPSA) is 44.1 Å². The summed E-state index contributed by atoms with van der Waals surface area (Å²) in [4.78, 5) is 17.4. The van der Waals surface area contributed by atoms with Gasteiger partial charge in [-0.05, 0) is 48.5 Å². The number of fused-ring (bicyclic) bond motifs is 1. The number of ether oxygens (including phenoxy) is 1. The van der Waals surface area contributed by atoms with Crippen LogP contribution in [0.2, 0.25) is 0 Å². The van der Waals surface area contributed by atoms with Gasteiger partial charge in [-0.3, -0.25) is 9.36 Å².